The average molecular weight is 282 g/mol. The largest absolute Gasteiger partial charge is 0.293 e. The van der Waals surface area contributed by atoms with E-state index in [-0.39, 0.29) is 10.5 Å². The van der Waals surface area contributed by atoms with Crippen LogP contribution in [0.4, 0.5) is 0 Å². The Kier molecular flexibility index (Phi) is 3.66. The Morgan fingerprint density at radius 2 is 1.65 bits per heavy atom. The highest BCUT2D eigenvalue weighted by molar-refractivity contribution is 8.01. The fourth-order valence-electron chi connectivity index (χ4n) is 2.56. The van der Waals surface area contributed by atoms with Gasteiger partial charge in [0.2, 0.25) is 0 Å². The highest BCUT2D eigenvalue weighted by atomic mass is 32.2. The molecule has 0 bridgehead atoms. The molecular weight excluding hydrogens is 264 g/mol. The van der Waals surface area contributed by atoms with Crippen LogP contribution in [0.3, 0.4) is 0 Å². The van der Waals surface area contributed by atoms with Gasteiger partial charge in [0.1, 0.15) is 0 Å². The highest BCUT2D eigenvalue weighted by Gasteiger charge is 2.45. The van der Waals surface area contributed by atoms with E-state index in [0.717, 1.165) is 24.8 Å². The molecule has 20 heavy (non-hydrogen) atoms. The summed E-state index contributed by atoms with van der Waals surface area (Å²) >= 11 is 1.74. The molecule has 0 heterocycles. The summed E-state index contributed by atoms with van der Waals surface area (Å²) < 4.78 is -0.239. The van der Waals surface area contributed by atoms with E-state index < -0.39 is 0 Å². The Labute approximate surface area is 124 Å². The Balaban J connectivity index is 1.84. The van der Waals surface area contributed by atoms with Crippen molar-refractivity contribution in [3.8, 4) is 0 Å². The minimum atomic E-state index is -0.239. The fraction of sp³-hybridized carbons (Fsp3) is 0.278. The van der Waals surface area contributed by atoms with Crippen molar-refractivity contribution in [2.75, 3.05) is 0 Å². The molecule has 0 saturated heterocycles. The number of aryl methyl sites for hydroxylation is 1. The van der Waals surface area contributed by atoms with Gasteiger partial charge in [0, 0.05) is 10.5 Å². The summed E-state index contributed by atoms with van der Waals surface area (Å²) in [6, 6.07) is 18.2. The summed E-state index contributed by atoms with van der Waals surface area (Å²) in [5.41, 5.74) is 2.10. The van der Waals surface area contributed by atoms with E-state index in [1.54, 1.807) is 11.8 Å². The lowest BCUT2D eigenvalue weighted by molar-refractivity contribution is 0.0893. The predicted octanol–water partition coefficient (Wildman–Crippen LogP) is 4.89. The molecule has 1 fully saturated rings. The van der Waals surface area contributed by atoms with Gasteiger partial charge >= 0.3 is 0 Å². The number of Topliss-reactive ketones (excluding diaryl/α,β-unsaturated/α-hetero) is 1. The van der Waals surface area contributed by atoms with Crippen LogP contribution in [-0.2, 0) is 0 Å². The predicted molar refractivity (Wildman–Crippen MR) is 84.4 cm³/mol. The van der Waals surface area contributed by atoms with E-state index in [4.69, 9.17) is 0 Å². The molecule has 1 saturated carbocycles. The topological polar surface area (TPSA) is 17.1 Å². The first kappa shape index (κ1) is 13.4. The number of hydrogen-bond acceptors (Lipinski definition) is 2. The van der Waals surface area contributed by atoms with Crippen molar-refractivity contribution in [2.24, 2.45) is 0 Å². The van der Waals surface area contributed by atoms with Crippen LogP contribution in [0.1, 0.15) is 35.2 Å². The van der Waals surface area contributed by atoms with Crippen molar-refractivity contribution in [1.82, 2.24) is 0 Å². The number of benzene rings is 2. The van der Waals surface area contributed by atoms with E-state index in [0.29, 0.717) is 0 Å². The van der Waals surface area contributed by atoms with Crippen molar-refractivity contribution in [2.45, 2.75) is 35.8 Å². The summed E-state index contributed by atoms with van der Waals surface area (Å²) in [5.74, 6) is 0.287. The molecule has 2 heteroatoms. The monoisotopic (exact) mass is 282 g/mol. The summed E-state index contributed by atoms with van der Waals surface area (Å²) in [6.07, 6.45) is 3.12. The van der Waals surface area contributed by atoms with Crippen LogP contribution in [0, 0.1) is 6.92 Å². The molecule has 0 N–H and O–H groups in total. The number of hydrogen-bond donors (Lipinski definition) is 0. The fourth-order valence-corrected chi connectivity index (χ4v) is 3.98. The molecule has 0 unspecified atom stereocenters. The van der Waals surface area contributed by atoms with E-state index in [2.05, 4.69) is 31.2 Å². The van der Waals surface area contributed by atoms with E-state index in [1.807, 2.05) is 30.3 Å². The highest BCUT2D eigenvalue weighted by Crippen LogP contribution is 2.49. The first-order valence-corrected chi connectivity index (χ1v) is 7.87. The van der Waals surface area contributed by atoms with Crippen molar-refractivity contribution in [3.63, 3.8) is 0 Å². The third-order valence-corrected chi connectivity index (χ3v) is 5.44. The lowest BCUT2D eigenvalue weighted by atomic mass is 9.78. The van der Waals surface area contributed by atoms with Crippen LogP contribution in [-0.4, -0.2) is 10.5 Å². The average Bonchev–Trinajstić information content (AvgIpc) is 2.45. The molecule has 0 amide bonds. The molecular formula is C18H18OS. The first-order chi connectivity index (χ1) is 9.70. The number of rotatable bonds is 4. The molecule has 102 valence electrons. The van der Waals surface area contributed by atoms with Gasteiger partial charge in [0.05, 0.1) is 4.75 Å². The maximum absolute atomic E-state index is 12.8. The molecule has 1 nitrogen and oxygen atoms in total. The second-order valence-electron chi connectivity index (χ2n) is 5.46. The quantitative estimate of drug-likeness (QED) is 0.742. The Morgan fingerprint density at radius 3 is 2.20 bits per heavy atom. The summed E-state index contributed by atoms with van der Waals surface area (Å²) in [7, 11) is 0. The SMILES string of the molecule is Cc1ccc(SC2(C(=O)c3ccccc3)CCC2)cc1. The van der Waals surface area contributed by atoms with Gasteiger partial charge in [-0.1, -0.05) is 48.0 Å². The van der Waals surface area contributed by atoms with Gasteiger partial charge in [-0.2, -0.15) is 0 Å². The summed E-state index contributed by atoms with van der Waals surface area (Å²) in [6.45, 7) is 2.09. The zero-order valence-electron chi connectivity index (χ0n) is 11.6. The number of ketones is 1. The Bertz CT molecular complexity index is 597. The van der Waals surface area contributed by atoms with Crippen LogP contribution in [0.15, 0.2) is 59.5 Å². The second kappa shape index (κ2) is 5.45. The summed E-state index contributed by atoms with van der Waals surface area (Å²) in [4.78, 5) is 14.0. The van der Waals surface area contributed by atoms with E-state index in [9.17, 15) is 4.79 Å². The summed E-state index contributed by atoms with van der Waals surface area (Å²) in [5, 5.41) is 0. The molecule has 2 aromatic carbocycles. The molecule has 1 aliphatic rings. The molecule has 0 spiro atoms. The van der Waals surface area contributed by atoms with E-state index >= 15 is 0 Å². The van der Waals surface area contributed by atoms with Gasteiger partial charge in [-0.05, 0) is 38.3 Å². The van der Waals surface area contributed by atoms with Crippen LogP contribution in [0.2, 0.25) is 0 Å². The zero-order chi connectivity index (χ0) is 14.0. The second-order valence-corrected chi connectivity index (χ2v) is 6.92. The zero-order valence-corrected chi connectivity index (χ0v) is 12.5. The van der Waals surface area contributed by atoms with E-state index in [1.165, 1.54) is 10.5 Å². The Hall–Kier alpha value is -1.54. The molecule has 0 atom stereocenters. The number of carbonyl (C=O) groups excluding carboxylic acids is 1. The first-order valence-electron chi connectivity index (χ1n) is 7.05. The van der Waals surface area contributed by atoms with Gasteiger partial charge in [0.25, 0.3) is 0 Å². The van der Waals surface area contributed by atoms with Crippen LogP contribution in [0.25, 0.3) is 0 Å². The third kappa shape index (κ3) is 2.53. The lowest BCUT2D eigenvalue weighted by Gasteiger charge is -2.39. The smallest absolute Gasteiger partial charge is 0.179 e. The Morgan fingerprint density at radius 1 is 1.00 bits per heavy atom. The number of thioether (sulfide) groups is 1. The third-order valence-electron chi connectivity index (χ3n) is 3.95. The maximum Gasteiger partial charge on any atom is 0.179 e. The minimum Gasteiger partial charge on any atom is -0.293 e. The van der Waals surface area contributed by atoms with Crippen LogP contribution >= 0.6 is 11.8 Å². The molecule has 2 aromatic rings. The normalized spacial score (nSPS) is 16.4. The minimum absolute atomic E-state index is 0.239. The van der Waals surface area contributed by atoms with Gasteiger partial charge in [-0.25, -0.2) is 0 Å². The molecule has 1 aliphatic carbocycles. The van der Waals surface area contributed by atoms with Gasteiger partial charge < -0.3 is 0 Å². The van der Waals surface area contributed by atoms with Gasteiger partial charge in [-0.15, -0.1) is 11.8 Å². The van der Waals surface area contributed by atoms with Crippen molar-refractivity contribution in [3.05, 3.63) is 65.7 Å². The molecule has 0 radical (unpaired) electrons. The van der Waals surface area contributed by atoms with Crippen molar-refractivity contribution in [1.29, 1.82) is 0 Å². The van der Waals surface area contributed by atoms with Crippen molar-refractivity contribution >= 4 is 17.5 Å². The van der Waals surface area contributed by atoms with Gasteiger partial charge in [-0.3, -0.25) is 4.79 Å². The number of carbonyl (C=O) groups is 1. The molecule has 3 rings (SSSR count). The molecule has 0 aliphatic heterocycles. The van der Waals surface area contributed by atoms with Crippen LogP contribution < -0.4 is 0 Å². The van der Waals surface area contributed by atoms with Crippen LogP contribution in [0.5, 0.6) is 0 Å². The maximum atomic E-state index is 12.8. The van der Waals surface area contributed by atoms with Gasteiger partial charge in [0.15, 0.2) is 5.78 Å². The standard InChI is InChI=1S/C18H18OS/c1-14-8-10-16(11-9-14)20-18(12-5-13-18)17(19)15-6-3-2-4-7-15/h2-4,6-11H,5,12-13H2,1H3. The van der Waals surface area contributed by atoms with Crippen molar-refractivity contribution < 1.29 is 4.79 Å². The lowest BCUT2D eigenvalue weighted by Crippen LogP contribution is -2.42. The molecule has 0 aromatic heterocycles.